The third-order valence-electron chi connectivity index (χ3n) is 5.03. The summed E-state index contributed by atoms with van der Waals surface area (Å²) in [6.45, 7) is 7.42. The highest BCUT2D eigenvalue weighted by atomic mass is 19.1. The fourth-order valence-corrected chi connectivity index (χ4v) is 3.39. The zero-order chi connectivity index (χ0) is 18.0. The number of piperidine rings is 1. The first kappa shape index (κ1) is 17.7. The molecule has 1 saturated heterocycles. The van der Waals surface area contributed by atoms with E-state index in [1.807, 2.05) is 6.92 Å². The molecular formula is C18H22F2N4O. The Hall–Kier alpha value is -2.12. The largest absolute Gasteiger partial charge is 0.382 e. The number of halogens is 2. The quantitative estimate of drug-likeness (QED) is 0.844. The Kier molecular flexibility index (Phi) is 4.96. The van der Waals surface area contributed by atoms with E-state index in [4.69, 9.17) is 0 Å². The highest BCUT2D eigenvalue weighted by Gasteiger charge is 2.42. The monoisotopic (exact) mass is 348 g/mol. The number of hydrogen-bond acceptors (Lipinski definition) is 4. The summed E-state index contributed by atoms with van der Waals surface area (Å²) in [7, 11) is 0. The molecule has 3 rings (SSSR count). The molecule has 0 spiro atoms. The summed E-state index contributed by atoms with van der Waals surface area (Å²) in [6, 6.07) is 2.90. The second-order valence-corrected chi connectivity index (χ2v) is 6.64. The average molecular weight is 348 g/mol. The molecule has 2 heterocycles. The lowest BCUT2D eigenvalue weighted by Gasteiger charge is -2.43. The number of benzene rings is 1. The number of hydrogen-bond donors (Lipinski definition) is 1. The van der Waals surface area contributed by atoms with Gasteiger partial charge in [-0.1, -0.05) is 18.2 Å². The molecular weight excluding hydrogens is 326 g/mol. The van der Waals surface area contributed by atoms with Crippen LogP contribution in [0.3, 0.4) is 0 Å². The Labute approximate surface area is 145 Å². The van der Waals surface area contributed by atoms with E-state index in [2.05, 4.69) is 21.7 Å². The fraction of sp³-hybridized carbons (Fsp3) is 0.444. The van der Waals surface area contributed by atoms with Crippen molar-refractivity contribution >= 4 is 0 Å². The van der Waals surface area contributed by atoms with Gasteiger partial charge in [-0.3, -0.25) is 4.90 Å². The van der Waals surface area contributed by atoms with Crippen molar-refractivity contribution in [3.8, 4) is 0 Å². The van der Waals surface area contributed by atoms with E-state index in [-0.39, 0.29) is 18.2 Å². The fourth-order valence-electron chi connectivity index (χ4n) is 3.39. The van der Waals surface area contributed by atoms with Gasteiger partial charge in [-0.2, -0.15) is 0 Å². The van der Waals surface area contributed by atoms with Gasteiger partial charge in [-0.25, -0.2) is 8.78 Å². The van der Waals surface area contributed by atoms with Crippen LogP contribution in [0.1, 0.15) is 25.3 Å². The van der Waals surface area contributed by atoms with E-state index in [0.29, 0.717) is 0 Å². The number of aliphatic hydroxyl groups is 1. The molecule has 2 aromatic rings. The highest BCUT2D eigenvalue weighted by molar-refractivity contribution is 5.27. The predicted molar refractivity (Wildman–Crippen MR) is 89.7 cm³/mol. The van der Waals surface area contributed by atoms with Crippen LogP contribution in [0.25, 0.3) is 0 Å². The smallest absolute Gasteiger partial charge is 0.132 e. The standard InChI is InChI=1S/C18H22F2N4O/c1-13-5-7-24(8-6-13)14(2)18(25,10-23-11-21-22-12-23)16-4-3-15(19)9-17(16)20/h3-4,9,11-12,14,25H,1,5-8,10H2,2H3/t14-,18-/m1/s1. The topological polar surface area (TPSA) is 54.2 Å². The Morgan fingerprint density at radius 1 is 1.24 bits per heavy atom. The van der Waals surface area contributed by atoms with Crippen molar-refractivity contribution in [1.29, 1.82) is 0 Å². The molecule has 1 aromatic heterocycles. The molecule has 0 amide bonds. The first-order valence-electron chi connectivity index (χ1n) is 8.31. The second kappa shape index (κ2) is 7.01. The normalized spacial score (nSPS) is 19.6. The lowest BCUT2D eigenvalue weighted by atomic mass is 9.84. The number of aromatic nitrogens is 3. The number of likely N-dealkylation sites (tertiary alicyclic amines) is 1. The highest BCUT2D eigenvalue weighted by Crippen LogP contribution is 2.34. The second-order valence-electron chi connectivity index (χ2n) is 6.64. The van der Waals surface area contributed by atoms with Crippen LogP contribution in [0.2, 0.25) is 0 Å². The molecule has 1 aliphatic heterocycles. The molecule has 1 aromatic carbocycles. The van der Waals surface area contributed by atoms with Gasteiger partial charge < -0.3 is 9.67 Å². The Morgan fingerprint density at radius 3 is 2.48 bits per heavy atom. The molecule has 0 unspecified atom stereocenters. The zero-order valence-corrected chi connectivity index (χ0v) is 14.2. The summed E-state index contributed by atoms with van der Waals surface area (Å²) in [4.78, 5) is 2.11. The van der Waals surface area contributed by atoms with Gasteiger partial charge in [0.1, 0.15) is 29.9 Å². The van der Waals surface area contributed by atoms with E-state index in [9.17, 15) is 13.9 Å². The Morgan fingerprint density at radius 2 is 1.88 bits per heavy atom. The van der Waals surface area contributed by atoms with Gasteiger partial charge in [-0.05, 0) is 25.8 Å². The van der Waals surface area contributed by atoms with Gasteiger partial charge in [0.05, 0.1) is 6.54 Å². The van der Waals surface area contributed by atoms with E-state index in [1.165, 1.54) is 30.4 Å². The van der Waals surface area contributed by atoms with Crippen LogP contribution in [0, 0.1) is 11.6 Å². The Bertz CT molecular complexity index is 740. The maximum Gasteiger partial charge on any atom is 0.132 e. The molecule has 0 radical (unpaired) electrons. The summed E-state index contributed by atoms with van der Waals surface area (Å²) in [6.07, 6.45) is 4.63. The molecule has 0 bridgehead atoms. The minimum atomic E-state index is -1.56. The molecule has 2 atom stereocenters. The maximum absolute atomic E-state index is 14.5. The van der Waals surface area contributed by atoms with Crippen molar-refractivity contribution in [1.82, 2.24) is 19.7 Å². The van der Waals surface area contributed by atoms with Gasteiger partial charge >= 0.3 is 0 Å². The minimum Gasteiger partial charge on any atom is -0.382 e. The Balaban J connectivity index is 1.97. The van der Waals surface area contributed by atoms with Crippen molar-refractivity contribution in [3.63, 3.8) is 0 Å². The molecule has 25 heavy (non-hydrogen) atoms. The third-order valence-corrected chi connectivity index (χ3v) is 5.03. The summed E-state index contributed by atoms with van der Waals surface area (Å²) >= 11 is 0. The first-order chi connectivity index (χ1) is 11.9. The molecule has 1 aliphatic rings. The van der Waals surface area contributed by atoms with Crippen molar-refractivity contribution in [2.75, 3.05) is 13.1 Å². The van der Waals surface area contributed by atoms with Crippen molar-refractivity contribution in [2.45, 2.75) is 38.0 Å². The van der Waals surface area contributed by atoms with Crippen LogP contribution in [-0.2, 0) is 12.1 Å². The molecule has 0 saturated carbocycles. The van der Waals surface area contributed by atoms with E-state index < -0.39 is 17.2 Å². The summed E-state index contributed by atoms with van der Waals surface area (Å²) in [5, 5.41) is 19.0. The van der Waals surface area contributed by atoms with Crippen LogP contribution < -0.4 is 0 Å². The summed E-state index contributed by atoms with van der Waals surface area (Å²) < 4.78 is 29.4. The van der Waals surface area contributed by atoms with Crippen LogP contribution in [0.5, 0.6) is 0 Å². The van der Waals surface area contributed by atoms with Gasteiger partial charge in [0.15, 0.2) is 0 Å². The third kappa shape index (κ3) is 3.62. The number of nitrogens with zero attached hydrogens (tertiary/aromatic N) is 4. The van der Waals surface area contributed by atoms with Crippen LogP contribution in [-0.4, -0.2) is 43.9 Å². The lowest BCUT2D eigenvalue weighted by molar-refractivity contribution is -0.0636. The maximum atomic E-state index is 14.5. The van der Waals surface area contributed by atoms with Crippen molar-refractivity contribution in [3.05, 3.63) is 60.2 Å². The van der Waals surface area contributed by atoms with E-state index in [1.54, 1.807) is 4.57 Å². The van der Waals surface area contributed by atoms with Crippen LogP contribution in [0.15, 0.2) is 43.0 Å². The van der Waals surface area contributed by atoms with E-state index >= 15 is 0 Å². The van der Waals surface area contributed by atoms with Crippen LogP contribution in [0.4, 0.5) is 8.78 Å². The lowest BCUT2D eigenvalue weighted by Crippen LogP contribution is -2.53. The van der Waals surface area contributed by atoms with E-state index in [0.717, 1.165) is 32.0 Å². The zero-order valence-electron chi connectivity index (χ0n) is 14.2. The SMILES string of the molecule is C=C1CCN([C@H](C)[C@](O)(Cn2cnnc2)c2ccc(F)cc2F)CC1. The first-order valence-corrected chi connectivity index (χ1v) is 8.31. The summed E-state index contributed by atoms with van der Waals surface area (Å²) in [5.74, 6) is -1.43. The molecule has 134 valence electrons. The molecule has 1 N–H and O–H groups in total. The van der Waals surface area contributed by atoms with Crippen LogP contribution >= 0.6 is 0 Å². The number of rotatable bonds is 5. The summed E-state index contributed by atoms with van der Waals surface area (Å²) in [5.41, 5.74) is -0.308. The van der Waals surface area contributed by atoms with Crippen molar-refractivity contribution < 1.29 is 13.9 Å². The van der Waals surface area contributed by atoms with Crippen molar-refractivity contribution in [2.24, 2.45) is 0 Å². The molecule has 1 fully saturated rings. The van der Waals surface area contributed by atoms with Gasteiger partial charge in [0, 0.05) is 30.8 Å². The van der Waals surface area contributed by atoms with Gasteiger partial charge in [-0.15, -0.1) is 10.2 Å². The van der Waals surface area contributed by atoms with Gasteiger partial charge in [0.25, 0.3) is 0 Å². The molecule has 5 nitrogen and oxygen atoms in total. The molecule has 0 aliphatic carbocycles. The predicted octanol–water partition coefficient (Wildman–Crippen LogP) is 2.48. The average Bonchev–Trinajstić information content (AvgIpc) is 3.07. The molecule has 7 heteroatoms. The van der Waals surface area contributed by atoms with Gasteiger partial charge in [0.2, 0.25) is 0 Å². The minimum absolute atomic E-state index is 0.0690.